The normalized spacial score (nSPS) is 16.8. The number of hydrogen-bond acceptors (Lipinski definition) is 5. The summed E-state index contributed by atoms with van der Waals surface area (Å²) in [7, 11) is 0. The van der Waals surface area contributed by atoms with Crippen molar-refractivity contribution in [3.05, 3.63) is 46.1 Å². The van der Waals surface area contributed by atoms with E-state index in [1.165, 1.54) is 16.9 Å². The third kappa shape index (κ3) is 3.37. The molecule has 1 aliphatic rings. The molecule has 5 nitrogen and oxygen atoms in total. The number of nitrogens with one attached hydrogen (secondary N) is 1. The lowest BCUT2D eigenvalue weighted by molar-refractivity contribution is 0.103. The van der Waals surface area contributed by atoms with Gasteiger partial charge in [-0.1, -0.05) is 26.8 Å². The monoisotopic (exact) mass is 394 g/mol. The highest BCUT2D eigenvalue weighted by Gasteiger charge is 2.30. The molecule has 1 unspecified atom stereocenters. The van der Waals surface area contributed by atoms with Crippen LogP contribution >= 0.6 is 11.3 Å². The van der Waals surface area contributed by atoms with E-state index in [1.54, 1.807) is 6.20 Å². The van der Waals surface area contributed by atoms with E-state index < -0.39 is 0 Å². The number of nitrogens with zero attached hydrogens (tertiary/aromatic N) is 2. The number of rotatable bonds is 2. The number of carbonyl (C=O) groups excluding carboxylic acids is 1. The Balaban J connectivity index is 1.68. The first kappa shape index (κ1) is 18.9. The average Bonchev–Trinajstić information content (AvgIpc) is 2.96. The highest BCUT2D eigenvalue weighted by Crippen LogP contribution is 2.40. The fourth-order valence-corrected chi connectivity index (χ4v) is 4.87. The molecule has 3 aromatic heterocycles. The Morgan fingerprint density at radius 3 is 2.86 bits per heavy atom. The number of nitrogens with two attached hydrogens (primary N) is 1. The molecule has 0 fully saturated rings. The van der Waals surface area contributed by atoms with Crippen molar-refractivity contribution in [2.24, 2.45) is 11.3 Å². The zero-order valence-electron chi connectivity index (χ0n) is 16.8. The molecule has 146 valence electrons. The average molecular weight is 395 g/mol. The van der Waals surface area contributed by atoms with Gasteiger partial charge in [0.05, 0.1) is 5.69 Å². The van der Waals surface area contributed by atoms with Gasteiger partial charge < -0.3 is 11.1 Å². The molecule has 0 radical (unpaired) electrons. The maximum absolute atomic E-state index is 12.8. The van der Waals surface area contributed by atoms with Crippen molar-refractivity contribution >= 4 is 39.0 Å². The Kier molecular flexibility index (Phi) is 4.62. The molecule has 3 heterocycles. The SMILES string of the molecule is Cc1cccnc1NC(=O)c1sc2nc3c(cc2c1N)CC(C(C)(C)C)CC3. The van der Waals surface area contributed by atoms with E-state index in [0.717, 1.165) is 40.7 Å². The molecule has 4 rings (SSSR count). The van der Waals surface area contributed by atoms with Crippen LogP contribution in [-0.2, 0) is 12.8 Å². The number of nitrogen functional groups attached to an aromatic ring is 1. The van der Waals surface area contributed by atoms with Crippen LogP contribution < -0.4 is 11.1 Å². The van der Waals surface area contributed by atoms with E-state index in [9.17, 15) is 4.79 Å². The lowest BCUT2D eigenvalue weighted by Gasteiger charge is -2.34. The van der Waals surface area contributed by atoms with E-state index in [0.29, 0.717) is 22.3 Å². The minimum Gasteiger partial charge on any atom is -0.397 e. The molecule has 0 spiro atoms. The molecule has 1 aliphatic carbocycles. The van der Waals surface area contributed by atoms with Crippen LogP contribution in [0.15, 0.2) is 24.4 Å². The van der Waals surface area contributed by atoms with Gasteiger partial charge in [0.1, 0.15) is 15.5 Å². The Bertz CT molecular complexity index is 1060. The standard InChI is InChI=1S/C22H26N4OS/c1-12-6-5-9-24-19(12)26-20(27)18-17(23)15-11-13-10-14(22(2,3)4)7-8-16(13)25-21(15)28-18/h5-6,9,11,14H,7-8,10,23H2,1-4H3,(H,24,26,27). The first-order chi connectivity index (χ1) is 13.2. The molecular formula is C22H26N4OS. The quantitative estimate of drug-likeness (QED) is 0.642. The highest BCUT2D eigenvalue weighted by atomic mass is 32.1. The number of fused-ring (bicyclic) bond motifs is 2. The van der Waals surface area contributed by atoms with Gasteiger partial charge in [0.2, 0.25) is 0 Å². The van der Waals surface area contributed by atoms with Crippen LogP contribution in [0.2, 0.25) is 0 Å². The molecule has 0 bridgehead atoms. The first-order valence-corrected chi connectivity index (χ1v) is 10.5. The third-order valence-corrected chi connectivity index (χ3v) is 6.87. The third-order valence-electron chi connectivity index (χ3n) is 5.76. The van der Waals surface area contributed by atoms with Gasteiger partial charge in [0.25, 0.3) is 5.91 Å². The van der Waals surface area contributed by atoms with E-state index in [1.807, 2.05) is 19.1 Å². The van der Waals surface area contributed by atoms with Gasteiger partial charge in [0, 0.05) is 17.3 Å². The second kappa shape index (κ2) is 6.85. The minimum absolute atomic E-state index is 0.229. The molecule has 0 saturated heterocycles. The Labute approximate surface area is 169 Å². The summed E-state index contributed by atoms with van der Waals surface area (Å²) in [6.45, 7) is 8.82. The van der Waals surface area contributed by atoms with Gasteiger partial charge in [-0.3, -0.25) is 4.79 Å². The number of aryl methyl sites for hydroxylation is 2. The molecule has 3 aromatic rings. The lowest BCUT2D eigenvalue weighted by atomic mass is 9.71. The van der Waals surface area contributed by atoms with Crippen molar-refractivity contribution in [1.29, 1.82) is 0 Å². The summed E-state index contributed by atoms with van der Waals surface area (Å²) in [6.07, 6.45) is 4.83. The summed E-state index contributed by atoms with van der Waals surface area (Å²) < 4.78 is 0. The van der Waals surface area contributed by atoms with Crippen molar-refractivity contribution in [1.82, 2.24) is 9.97 Å². The topological polar surface area (TPSA) is 80.9 Å². The zero-order valence-corrected chi connectivity index (χ0v) is 17.6. The summed E-state index contributed by atoms with van der Waals surface area (Å²) in [6, 6.07) is 5.92. The van der Waals surface area contributed by atoms with Crippen LogP contribution in [0.4, 0.5) is 11.5 Å². The van der Waals surface area contributed by atoms with Crippen LogP contribution in [0.25, 0.3) is 10.2 Å². The van der Waals surface area contributed by atoms with Crippen LogP contribution in [0.1, 0.15) is 53.7 Å². The number of pyridine rings is 2. The molecular weight excluding hydrogens is 368 g/mol. The molecule has 0 aromatic carbocycles. The summed E-state index contributed by atoms with van der Waals surface area (Å²) >= 11 is 1.36. The van der Waals surface area contributed by atoms with Crippen LogP contribution in [0.5, 0.6) is 0 Å². The number of aromatic nitrogens is 2. The number of thiophene rings is 1. The van der Waals surface area contributed by atoms with Gasteiger partial charge in [-0.15, -0.1) is 11.3 Å². The summed E-state index contributed by atoms with van der Waals surface area (Å²) in [4.78, 5) is 23.3. The molecule has 3 N–H and O–H groups in total. The van der Waals surface area contributed by atoms with Crippen LogP contribution in [-0.4, -0.2) is 15.9 Å². The smallest absolute Gasteiger partial charge is 0.269 e. The van der Waals surface area contributed by atoms with Gasteiger partial charge in [-0.2, -0.15) is 0 Å². The maximum atomic E-state index is 12.8. The Morgan fingerprint density at radius 2 is 2.14 bits per heavy atom. The van der Waals surface area contributed by atoms with Gasteiger partial charge in [0.15, 0.2) is 0 Å². The van der Waals surface area contributed by atoms with Gasteiger partial charge >= 0.3 is 0 Å². The lowest BCUT2D eigenvalue weighted by Crippen LogP contribution is -2.27. The summed E-state index contributed by atoms with van der Waals surface area (Å²) in [5.74, 6) is 0.964. The fourth-order valence-electron chi connectivity index (χ4n) is 3.88. The molecule has 1 atom stereocenters. The minimum atomic E-state index is -0.229. The molecule has 28 heavy (non-hydrogen) atoms. The first-order valence-electron chi connectivity index (χ1n) is 9.68. The van der Waals surface area contributed by atoms with Gasteiger partial charge in [-0.25, -0.2) is 9.97 Å². The fraction of sp³-hybridized carbons (Fsp3) is 0.409. The molecule has 0 saturated carbocycles. The van der Waals surface area contributed by atoms with Crippen molar-refractivity contribution in [3.63, 3.8) is 0 Å². The molecule has 6 heteroatoms. The number of carbonyl (C=O) groups is 1. The number of amides is 1. The van der Waals surface area contributed by atoms with Gasteiger partial charge in [-0.05, 0) is 60.8 Å². The highest BCUT2D eigenvalue weighted by molar-refractivity contribution is 7.21. The predicted molar refractivity (Wildman–Crippen MR) is 116 cm³/mol. The zero-order chi connectivity index (χ0) is 20.1. The van der Waals surface area contributed by atoms with E-state index in [4.69, 9.17) is 10.7 Å². The summed E-state index contributed by atoms with van der Waals surface area (Å²) in [5.41, 5.74) is 10.5. The molecule has 1 amide bonds. The number of hydrogen-bond donors (Lipinski definition) is 2. The predicted octanol–water partition coefficient (Wildman–Crippen LogP) is 4.99. The van der Waals surface area contributed by atoms with Crippen LogP contribution in [0, 0.1) is 18.3 Å². The summed E-state index contributed by atoms with van der Waals surface area (Å²) in [5, 5.41) is 3.77. The van der Waals surface area contributed by atoms with Crippen molar-refractivity contribution in [3.8, 4) is 0 Å². The van der Waals surface area contributed by atoms with Crippen molar-refractivity contribution < 1.29 is 4.79 Å². The Morgan fingerprint density at radius 1 is 1.36 bits per heavy atom. The second-order valence-electron chi connectivity index (χ2n) is 8.72. The number of anilines is 2. The van der Waals surface area contributed by atoms with E-state index in [-0.39, 0.29) is 11.3 Å². The largest absolute Gasteiger partial charge is 0.397 e. The van der Waals surface area contributed by atoms with Crippen molar-refractivity contribution in [2.75, 3.05) is 11.1 Å². The van der Waals surface area contributed by atoms with Crippen molar-refractivity contribution in [2.45, 2.75) is 47.0 Å². The second-order valence-corrected chi connectivity index (χ2v) is 9.72. The maximum Gasteiger partial charge on any atom is 0.269 e. The van der Waals surface area contributed by atoms with E-state index in [2.05, 4.69) is 37.1 Å². The van der Waals surface area contributed by atoms with Crippen LogP contribution in [0.3, 0.4) is 0 Å². The molecule has 0 aliphatic heterocycles. The van der Waals surface area contributed by atoms with E-state index >= 15 is 0 Å². The Hall–Kier alpha value is -2.47.